The zero-order valence-electron chi connectivity index (χ0n) is 18.3. The molecule has 1 atom stereocenters. The van der Waals surface area contributed by atoms with Crippen molar-refractivity contribution in [1.29, 1.82) is 0 Å². The Morgan fingerprint density at radius 2 is 1.62 bits per heavy atom. The van der Waals surface area contributed by atoms with Gasteiger partial charge in [0.1, 0.15) is 17.2 Å². The van der Waals surface area contributed by atoms with E-state index in [9.17, 15) is 4.79 Å². The highest BCUT2D eigenvalue weighted by Gasteiger charge is 2.21. The Bertz CT molecular complexity index is 1210. The lowest BCUT2D eigenvalue weighted by molar-refractivity contribution is 0.0949. The first-order chi connectivity index (χ1) is 15.6. The van der Waals surface area contributed by atoms with Crippen LogP contribution in [0, 0.1) is 0 Å². The van der Waals surface area contributed by atoms with Crippen molar-refractivity contribution in [3.05, 3.63) is 89.6 Å². The van der Waals surface area contributed by atoms with E-state index < -0.39 is 0 Å². The van der Waals surface area contributed by atoms with Crippen molar-refractivity contribution in [2.24, 2.45) is 0 Å². The molecule has 0 fully saturated rings. The van der Waals surface area contributed by atoms with Gasteiger partial charge in [-0.3, -0.25) is 4.79 Å². The van der Waals surface area contributed by atoms with Crippen LogP contribution in [0.25, 0.3) is 10.9 Å². The van der Waals surface area contributed by atoms with Gasteiger partial charge in [-0.15, -0.1) is 0 Å². The summed E-state index contributed by atoms with van der Waals surface area (Å²) in [4.78, 5) is 16.4. The number of benzene rings is 3. The Morgan fingerprint density at radius 3 is 2.34 bits per heavy atom. The van der Waals surface area contributed by atoms with Crippen LogP contribution < -0.4 is 19.5 Å². The topological polar surface area (TPSA) is 72.6 Å². The molecule has 0 spiro atoms. The number of aromatic nitrogens is 1. The molecule has 1 heterocycles. The minimum Gasteiger partial charge on any atom is -0.497 e. The number of aromatic amines is 1. The van der Waals surface area contributed by atoms with E-state index in [1.165, 1.54) is 0 Å². The number of nitrogens with one attached hydrogen (secondary N) is 2. The normalized spacial score (nSPS) is 11.7. The van der Waals surface area contributed by atoms with E-state index in [0.717, 1.165) is 27.8 Å². The number of hydrogen-bond donors (Lipinski definition) is 2. The van der Waals surface area contributed by atoms with Crippen LogP contribution in [0.1, 0.15) is 27.4 Å². The standard InChI is InChI=1S/C26H26N2O4/c1-30-18-10-8-17(9-11-18)22(23-16-27-24-7-5-4-6-20(23)24)15-28-26(29)21-14-19(31-2)12-13-25(21)32-3/h4-14,16,22,27H,15H2,1-3H3,(H,28,29). The minimum absolute atomic E-state index is 0.0578. The molecule has 3 aromatic carbocycles. The smallest absolute Gasteiger partial charge is 0.255 e. The third-order valence-electron chi connectivity index (χ3n) is 5.63. The fourth-order valence-electron chi connectivity index (χ4n) is 3.91. The highest BCUT2D eigenvalue weighted by atomic mass is 16.5. The van der Waals surface area contributed by atoms with Gasteiger partial charge < -0.3 is 24.5 Å². The maximum absolute atomic E-state index is 13.1. The zero-order valence-corrected chi connectivity index (χ0v) is 18.3. The molecule has 4 aromatic rings. The van der Waals surface area contributed by atoms with Crippen molar-refractivity contribution in [3.63, 3.8) is 0 Å². The number of para-hydroxylation sites is 1. The molecule has 1 unspecified atom stereocenters. The molecule has 2 N–H and O–H groups in total. The second kappa shape index (κ2) is 9.47. The maximum Gasteiger partial charge on any atom is 0.255 e. The summed E-state index contributed by atoms with van der Waals surface area (Å²) < 4.78 is 16.0. The summed E-state index contributed by atoms with van der Waals surface area (Å²) in [5, 5.41) is 4.21. The molecule has 0 radical (unpaired) electrons. The number of amides is 1. The van der Waals surface area contributed by atoms with Gasteiger partial charge >= 0.3 is 0 Å². The van der Waals surface area contributed by atoms with Crippen molar-refractivity contribution in [1.82, 2.24) is 10.3 Å². The molecule has 1 amide bonds. The van der Waals surface area contributed by atoms with Crippen molar-refractivity contribution in [3.8, 4) is 17.2 Å². The van der Waals surface area contributed by atoms with Crippen LogP contribution in [0.15, 0.2) is 72.9 Å². The Hall–Kier alpha value is -3.93. The van der Waals surface area contributed by atoms with Crippen LogP contribution in [0.4, 0.5) is 0 Å². The first kappa shape index (κ1) is 21.3. The number of hydrogen-bond acceptors (Lipinski definition) is 4. The highest BCUT2D eigenvalue weighted by molar-refractivity contribution is 5.97. The van der Waals surface area contributed by atoms with Gasteiger partial charge in [-0.1, -0.05) is 30.3 Å². The number of H-pyrrole nitrogens is 1. The average molecular weight is 431 g/mol. The lowest BCUT2D eigenvalue weighted by atomic mass is 9.90. The largest absolute Gasteiger partial charge is 0.497 e. The quantitative estimate of drug-likeness (QED) is 0.423. The molecule has 6 heteroatoms. The van der Waals surface area contributed by atoms with Gasteiger partial charge in [-0.05, 0) is 47.5 Å². The predicted molar refractivity (Wildman–Crippen MR) is 125 cm³/mol. The molecule has 32 heavy (non-hydrogen) atoms. The van der Waals surface area contributed by atoms with E-state index in [1.54, 1.807) is 39.5 Å². The molecule has 0 aliphatic heterocycles. The molecule has 6 nitrogen and oxygen atoms in total. The molecule has 0 aliphatic rings. The summed E-state index contributed by atoms with van der Waals surface area (Å²) in [5.74, 6) is 1.60. The summed E-state index contributed by atoms with van der Waals surface area (Å²) in [6.07, 6.45) is 2.01. The second-order valence-electron chi connectivity index (χ2n) is 7.39. The van der Waals surface area contributed by atoms with Crippen LogP contribution in [-0.2, 0) is 0 Å². The van der Waals surface area contributed by atoms with Gasteiger partial charge in [0, 0.05) is 29.6 Å². The fraction of sp³-hybridized carbons (Fsp3) is 0.192. The lowest BCUT2D eigenvalue weighted by Gasteiger charge is -2.19. The van der Waals surface area contributed by atoms with Gasteiger partial charge in [0.2, 0.25) is 0 Å². The van der Waals surface area contributed by atoms with Crippen LogP contribution >= 0.6 is 0 Å². The first-order valence-corrected chi connectivity index (χ1v) is 10.3. The van der Waals surface area contributed by atoms with E-state index >= 15 is 0 Å². The molecule has 0 aliphatic carbocycles. The Kier molecular flexibility index (Phi) is 6.31. The second-order valence-corrected chi connectivity index (χ2v) is 7.39. The van der Waals surface area contributed by atoms with Gasteiger partial charge in [-0.25, -0.2) is 0 Å². The van der Waals surface area contributed by atoms with Crippen LogP contribution in [0.2, 0.25) is 0 Å². The van der Waals surface area contributed by atoms with Crippen molar-refractivity contribution < 1.29 is 19.0 Å². The van der Waals surface area contributed by atoms with Crippen LogP contribution in [0.3, 0.4) is 0 Å². The lowest BCUT2D eigenvalue weighted by Crippen LogP contribution is -2.29. The molecular formula is C26H26N2O4. The van der Waals surface area contributed by atoms with Crippen molar-refractivity contribution >= 4 is 16.8 Å². The number of carbonyl (C=O) groups excluding carboxylic acids is 1. The Morgan fingerprint density at radius 1 is 0.906 bits per heavy atom. The first-order valence-electron chi connectivity index (χ1n) is 10.3. The molecule has 1 aromatic heterocycles. The third-order valence-corrected chi connectivity index (χ3v) is 5.63. The molecule has 0 bridgehead atoms. The summed E-state index contributed by atoms with van der Waals surface area (Å²) in [7, 11) is 4.76. The summed E-state index contributed by atoms with van der Waals surface area (Å²) in [6.45, 7) is 0.410. The van der Waals surface area contributed by atoms with E-state index in [0.29, 0.717) is 23.6 Å². The number of fused-ring (bicyclic) bond motifs is 1. The number of rotatable bonds is 8. The zero-order chi connectivity index (χ0) is 22.5. The number of carbonyl (C=O) groups is 1. The van der Waals surface area contributed by atoms with Crippen molar-refractivity contribution in [2.75, 3.05) is 27.9 Å². The minimum atomic E-state index is -0.223. The Balaban J connectivity index is 1.66. The van der Waals surface area contributed by atoms with Crippen molar-refractivity contribution in [2.45, 2.75) is 5.92 Å². The predicted octanol–water partition coefficient (Wildman–Crippen LogP) is 4.76. The van der Waals surface area contributed by atoms with E-state index in [1.807, 2.05) is 48.7 Å². The average Bonchev–Trinajstić information content (AvgIpc) is 3.28. The van der Waals surface area contributed by atoms with E-state index in [4.69, 9.17) is 14.2 Å². The van der Waals surface area contributed by atoms with Gasteiger partial charge in [0.15, 0.2) is 0 Å². The fourth-order valence-corrected chi connectivity index (χ4v) is 3.91. The van der Waals surface area contributed by atoms with Gasteiger partial charge in [-0.2, -0.15) is 0 Å². The third kappa shape index (κ3) is 4.25. The summed E-state index contributed by atoms with van der Waals surface area (Å²) >= 11 is 0. The molecule has 0 saturated heterocycles. The number of ether oxygens (including phenoxy) is 3. The molecule has 164 valence electrons. The maximum atomic E-state index is 13.1. The van der Waals surface area contributed by atoms with Gasteiger partial charge in [0.25, 0.3) is 5.91 Å². The SMILES string of the molecule is COc1ccc(C(CNC(=O)c2cc(OC)ccc2OC)c2c[nH]c3ccccc23)cc1. The van der Waals surface area contributed by atoms with Crippen LogP contribution in [-0.4, -0.2) is 38.8 Å². The summed E-state index contributed by atoms with van der Waals surface area (Å²) in [5.41, 5.74) is 3.68. The van der Waals surface area contributed by atoms with E-state index in [-0.39, 0.29) is 11.8 Å². The monoisotopic (exact) mass is 430 g/mol. The van der Waals surface area contributed by atoms with E-state index in [2.05, 4.69) is 16.4 Å². The summed E-state index contributed by atoms with van der Waals surface area (Å²) in [6, 6.07) is 21.3. The molecular weight excluding hydrogens is 404 g/mol. The molecule has 0 saturated carbocycles. The highest BCUT2D eigenvalue weighted by Crippen LogP contribution is 2.32. The Labute approximate surface area is 187 Å². The van der Waals surface area contributed by atoms with Crippen LogP contribution in [0.5, 0.6) is 17.2 Å². The number of methoxy groups -OCH3 is 3. The van der Waals surface area contributed by atoms with Gasteiger partial charge in [0.05, 0.1) is 26.9 Å². The molecule has 4 rings (SSSR count).